The molecule has 0 bridgehead atoms. The molecule has 0 spiro atoms. The molecule has 2 heterocycles. The molecule has 8 heteroatoms. The van der Waals surface area contributed by atoms with Crippen LogP contribution in [0.5, 0.6) is 0 Å². The fraction of sp³-hybridized carbons (Fsp3) is 0.130. The molecule has 0 saturated heterocycles. The summed E-state index contributed by atoms with van der Waals surface area (Å²) in [5.74, 6) is -0.314. The average molecular weight is 530 g/mol. The second-order valence-electron chi connectivity index (χ2n) is 7.02. The topological polar surface area (TPSA) is 51.2 Å². The Kier molecular flexibility index (Phi) is 5.64. The number of halogens is 1. The number of thiophene rings is 1. The molecule has 156 valence electrons. The van der Waals surface area contributed by atoms with E-state index >= 15 is 0 Å². The molecule has 1 N–H and O–H groups in total. The van der Waals surface area contributed by atoms with E-state index in [0.29, 0.717) is 4.88 Å². The first-order chi connectivity index (χ1) is 15.1. The minimum Gasteiger partial charge on any atom is -0.465 e. The van der Waals surface area contributed by atoms with Gasteiger partial charge in [-0.15, -0.1) is 34.4 Å². The lowest BCUT2D eigenvalue weighted by molar-refractivity contribution is 0.0606. The molecule has 0 amide bonds. The predicted molar refractivity (Wildman–Crippen MR) is 134 cm³/mol. The standard InChI is InChI=1S/C23H17BrN2O2S3/c1-28-21(27)20-10-18(22(29-2)31-20)19-11-30-23(26-19)25-15-4-6-17-13(9-15)7-12-8-14(24)3-5-16(12)17/h3-6,8-11H,7H2,1-2H3,(H,25,26). The molecule has 0 aliphatic heterocycles. The third-order valence-electron chi connectivity index (χ3n) is 5.14. The van der Waals surface area contributed by atoms with Gasteiger partial charge in [-0.2, -0.15) is 0 Å². The van der Waals surface area contributed by atoms with Crippen LogP contribution in [0.15, 0.2) is 56.5 Å². The summed E-state index contributed by atoms with van der Waals surface area (Å²) in [5, 5.41) is 6.29. The molecule has 0 saturated carbocycles. The predicted octanol–water partition coefficient (Wildman–Crippen LogP) is 7.46. The van der Waals surface area contributed by atoms with E-state index in [0.717, 1.165) is 37.2 Å². The second kappa shape index (κ2) is 8.43. The monoisotopic (exact) mass is 528 g/mol. The average Bonchev–Trinajstić information content (AvgIpc) is 3.48. The van der Waals surface area contributed by atoms with Gasteiger partial charge in [-0.3, -0.25) is 0 Å². The fourth-order valence-electron chi connectivity index (χ4n) is 3.74. The molecule has 4 nitrogen and oxygen atoms in total. The Morgan fingerprint density at radius 1 is 1.13 bits per heavy atom. The Bertz CT molecular complexity index is 1310. The smallest absolute Gasteiger partial charge is 0.348 e. The molecule has 2 aromatic carbocycles. The maximum atomic E-state index is 11.9. The summed E-state index contributed by atoms with van der Waals surface area (Å²) < 4.78 is 7.03. The van der Waals surface area contributed by atoms with Crippen molar-refractivity contribution in [3.63, 3.8) is 0 Å². The van der Waals surface area contributed by atoms with Gasteiger partial charge >= 0.3 is 5.97 Å². The number of nitrogens with zero attached hydrogens (tertiary/aromatic N) is 1. The van der Waals surface area contributed by atoms with E-state index in [2.05, 4.69) is 57.6 Å². The number of thiazole rings is 1. The Balaban J connectivity index is 1.39. The highest BCUT2D eigenvalue weighted by atomic mass is 79.9. The summed E-state index contributed by atoms with van der Waals surface area (Å²) in [4.78, 5) is 17.3. The Labute approximate surface area is 200 Å². The van der Waals surface area contributed by atoms with Crippen LogP contribution in [0.3, 0.4) is 0 Å². The van der Waals surface area contributed by atoms with Crippen molar-refractivity contribution >= 4 is 67.2 Å². The van der Waals surface area contributed by atoms with Crippen LogP contribution in [0.2, 0.25) is 0 Å². The van der Waals surface area contributed by atoms with E-state index in [1.165, 1.54) is 40.7 Å². The van der Waals surface area contributed by atoms with Crippen LogP contribution in [0.4, 0.5) is 10.8 Å². The van der Waals surface area contributed by atoms with Crippen LogP contribution in [-0.4, -0.2) is 24.3 Å². The summed E-state index contributed by atoms with van der Waals surface area (Å²) in [7, 11) is 1.40. The number of rotatable bonds is 5. The number of esters is 1. The van der Waals surface area contributed by atoms with E-state index in [4.69, 9.17) is 9.72 Å². The first-order valence-corrected chi connectivity index (χ1v) is 13.2. The first kappa shape index (κ1) is 20.8. The highest BCUT2D eigenvalue weighted by Gasteiger charge is 2.20. The molecule has 0 radical (unpaired) electrons. The third-order valence-corrected chi connectivity index (χ3v) is 8.65. The zero-order valence-corrected chi connectivity index (χ0v) is 20.7. The summed E-state index contributed by atoms with van der Waals surface area (Å²) in [5.41, 5.74) is 8.13. The number of nitrogens with one attached hydrogen (secondary N) is 1. The van der Waals surface area contributed by atoms with Crippen LogP contribution in [0.1, 0.15) is 20.8 Å². The summed E-state index contributed by atoms with van der Waals surface area (Å²) in [6.45, 7) is 0. The maximum Gasteiger partial charge on any atom is 0.348 e. The molecule has 0 unspecified atom stereocenters. The van der Waals surface area contributed by atoms with Gasteiger partial charge in [-0.05, 0) is 65.3 Å². The quantitative estimate of drug-likeness (QED) is 0.189. The highest BCUT2D eigenvalue weighted by molar-refractivity contribution is 9.10. The highest BCUT2D eigenvalue weighted by Crippen LogP contribution is 2.41. The Hall–Kier alpha value is -2.13. The van der Waals surface area contributed by atoms with Gasteiger partial charge in [-0.1, -0.05) is 28.1 Å². The number of thioether (sulfide) groups is 1. The molecule has 5 rings (SSSR count). The van der Waals surface area contributed by atoms with E-state index in [-0.39, 0.29) is 5.97 Å². The lowest BCUT2D eigenvalue weighted by atomic mass is 10.1. The van der Waals surface area contributed by atoms with Crippen molar-refractivity contribution in [1.82, 2.24) is 4.98 Å². The number of hydrogen-bond donors (Lipinski definition) is 1. The minimum atomic E-state index is -0.314. The van der Waals surface area contributed by atoms with Crippen molar-refractivity contribution < 1.29 is 9.53 Å². The van der Waals surface area contributed by atoms with Gasteiger partial charge in [0.25, 0.3) is 0 Å². The van der Waals surface area contributed by atoms with Gasteiger partial charge < -0.3 is 10.1 Å². The molecule has 0 fully saturated rings. The van der Waals surface area contributed by atoms with Crippen LogP contribution in [0.25, 0.3) is 22.4 Å². The number of methoxy groups -OCH3 is 1. The van der Waals surface area contributed by atoms with E-state index in [1.807, 2.05) is 17.7 Å². The van der Waals surface area contributed by atoms with E-state index in [9.17, 15) is 4.79 Å². The largest absolute Gasteiger partial charge is 0.465 e. The number of carbonyl (C=O) groups is 1. The SMILES string of the molecule is COC(=O)c1cc(-c2csc(Nc3ccc4c(c3)Cc3cc(Br)ccc3-4)n2)c(SC)s1. The zero-order valence-electron chi connectivity index (χ0n) is 16.7. The van der Waals surface area contributed by atoms with Crippen LogP contribution < -0.4 is 5.32 Å². The molecule has 2 aromatic heterocycles. The minimum absolute atomic E-state index is 0.314. The Morgan fingerprint density at radius 3 is 2.68 bits per heavy atom. The number of benzene rings is 2. The number of aromatic nitrogens is 1. The van der Waals surface area contributed by atoms with Crippen molar-refractivity contribution in [3.8, 4) is 22.4 Å². The van der Waals surface area contributed by atoms with Crippen molar-refractivity contribution in [2.24, 2.45) is 0 Å². The molecule has 1 aliphatic carbocycles. The molecule has 0 atom stereocenters. The van der Waals surface area contributed by atoms with Crippen LogP contribution >= 0.6 is 50.4 Å². The number of ether oxygens (including phenoxy) is 1. The number of hydrogen-bond acceptors (Lipinski definition) is 7. The van der Waals surface area contributed by atoms with Crippen molar-refractivity contribution in [2.45, 2.75) is 10.6 Å². The van der Waals surface area contributed by atoms with E-state index in [1.54, 1.807) is 23.1 Å². The van der Waals surface area contributed by atoms with Gasteiger partial charge in [0.15, 0.2) is 5.13 Å². The van der Waals surface area contributed by atoms with Gasteiger partial charge in [0.05, 0.1) is 17.0 Å². The van der Waals surface area contributed by atoms with Crippen LogP contribution in [0, 0.1) is 0 Å². The molecule has 4 aromatic rings. The van der Waals surface area contributed by atoms with Crippen molar-refractivity contribution in [3.05, 3.63) is 68.3 Å². The van der Waals surface area contributed by atoms with Crippen LogP contribution in [-0.2, 0) is 11.2 Å². The summed E-state index contributed by atoms with van der Waals surface area (Å²) >= 11 is 8.17. The summed E-state index contributed by atoms with van der Waals surface area (Å²) in [6, 6.07) is 14.8. The fourth-order valence-corrected chi connectivity index (χ4v) is 6.68. The molecule has 31 heavy (non-hydrogen) atoms. The Morgan fingerprint density at radius 2 is 1.90 bits per heavy atom. The van der Waals surface area contributed by atoms with Crippen molar-refractivity contribution in [1.29, 1.82) is 0 Å². The van der Waals surface area contributed by atoms with Gasteiger partial charge in [0.1, 0.15) is 4.88 Å². The number of anilines is 2. The van der Waals surface area contributed by atoms with Gasteiger partial charge in [0, 0.05) is 21.1 Å². The summed E-state index contributed by atoms with van der Waals surface area (Å²) in [6.07, 6.45) is 2.94. The lowest BCUT2D eigenvalue weighted by Gasteiger charge is -2.06. The third kappa shape index (κ3) is 3.93. The van der Waals surface area contributed by atoms with Gasteiger partial charge in [0.2, 0.25) is 0 Å². The molecular formula is C23H17BrN2O2S3. The molecule has 1 aliphatic rings. The maximum absolute atomic E-state index is 11.9. The molecular weight excluding hydrogens is 512 g/mol. The first-order valence-electron chi connectivity index (χ1n) is 9.46. The number of fused-ring (bicyclic) bond motifs is 3. The van der Waals surface area contributed by atoms with E-state index < -0.39 is 0 Å². The zero-order chi connectivity index (χ0) is 21.5. The van der Waals surface area contributed by atoms with Crippen molar-refractivity contribution in [2.75, 3.05) is 18.7 Å². The van der Waals surface area contributed by atoms with Gasteiger partial charge in [-0.25, -0.2) is 9.78 Å². The normalized spacial score (nSPS) is 11.8. The lowest BCUT2D eigenvalue weighted by Crippen LogP contribution is -1.96. The second-order valence-corrected chi connectivity index (χ2v) is 10.9. The number of carbonyl (C=O) groups excluding carboxylic acids is 1.